The zero-order valence-corrected chi connectivity index (χ0v) is 22.8. The Morgan fingerprint density at radius 3 is 2.18 bits per heavy atom. The highest BCUT2D eigenvalue weighted by Gasteiger charge is 2.26. The van der Waals surface area contributed by atoms with Crippen LogP contribution in [-0.2, 0) is 9.53 Å². The Morgan fingerprint density at radius 1 is 0.974 bits per heavy atom. The molecule has 2 atom stereocenters. The molecule has 1 aliphatic heterocycles. The number of aromatic nitrogens is 2. The molecule has 1 aromatic heterocycles. The van der Waals surface area contributed by atoms with Gasteiger partial charge in [0.2, 0.25) is 5.91 Å². The predicted molar refractivity (Wildman–Crippen MR) is 155 cm³/mol. The van der Waals surface area contributed by atoms with E-state index in [-0.39, 0.29) is 24.4 Å². The standard InChI is InChI=1S/C31H45N3O4/c1-2-3-4-5-6-7-8-9-10-11-12-13-14-15-16-17-18-19-20-21-29(36)32-28-24-25-34(31(37)33-28)30-23-22-27(26-35)38-30/h3-4,6-7,9-10,12-13,15-16,24-25,27,30,35H,2,5,8,11,14,17-23,26H2,1H3,(H,32,33,36,37)/b4-3-,7-6-,10-9-,13-12-,16-15-. The zero-order chi connectivity index (χ0) is 27.3. The maximum atomic E-state index is 12.3. The summed E-state index contributed by atoms with van der Waals surface area (Å²) in [5.41, 5.74) is -0.469. The van der Waals surface area contributed by atoms with E-state index < -0.39 is 11.9 Å². The number of nitrogens with zero attached hydrogens (tertiary/aromatic N) is 2. The Hall–Kier alpha value is -3.03. The van der Waals surface area contributed by atoms with Gasteiger partial charge in [0, 0.05) is 12.6 Å². The van der Waals surface area contributed by atoms with Crippen LogP contribution in [0.5, 0.6) is 0 Å². The van der Waals surface area contributed by atoms with Gasteiger partial charge in [0.05, 0.1) is 12.7 Å². The number of nitrogens with one attached hydrogen (secondary N) is 1. The molecule has 2 heterocycles. The second-order valence-electron chi connectivity index (χ2n) is 9.33. The summed E-state index contributed by atoms with van der Waals surface area (Å²) in [5, 5.41) is 11.9. The van der Waals surface area contributed by atoms with Gasteiger partial charge in [-0.1, -0.05) is 74.1 Å². The van der Waals surface area contributed by atoms with E-state index in [0.717, 1.165) is 57.8 Å². The van der Waals surface area contributed by atoms with Gasteiger partial charge >= 0.3 is 5.69 Å². The first-order chi connectivity index (χ1) is 18.6. The highest BCUT2D eigenvalue weighted by Crippen LogP contribution is 2.26. The molecule has 0 saturated carbocycles. The summed E-state index contributed by atoms with van der Waals surface area (Å²) >= 11 is 0. The third-order valence-electron chi connectivity index (χ3n) is 6.13. The summed E-state index contributed by atoms with van der Waals surface area (Å²) in [6.45, 7) is 2.09. The minimum atomic E-state index is -0.469. The molecule has 0 aliphatic carbocycles. The van der Waals surface area contributed by atoms with E-state index in [1.54, 1.807) is 12.3 Å². The van der Waals surface area contributed by atoms with Crippen molar-refractivity contribution in [2.45, 2.75) is 96.3 Å². The molecule has 1 aromatic rings. The maximum Gasteiger partial charge on any atom is 0.351 e. The van der Waals surface area contributed by atoms with Gasteiger partial charge in [-0.15, -0.1) is 0 Å². The SMILES string of the molecule is CC/C=C\C/C=C\C/C=C\C/C=C\C/C=C\CCCCCC(=O)Nc1ccn(C2CCC(CO)O2)c(=O)n1. The Morgan fingerprint density at radius 2 is 1.61 bits per heavy atom. The van der Waals surface area contributed by atoms with Crippen LogP contribution < -0.4 is 11.0 Å². The maximum absolute atomic E-state index is 12.3. The van der Waals surface area contributed by atoms with Crippen LogP contribution in [0.2, 0.25) is 0 Å². The fourth-order valence-corrected chi connectivity index (χ4v) is 4.03. The molecule has 2 rings (SSSR count). The van der Waals surface area contributed by atoms with E-state index in [1.165, 1.54) is 4.57 Å². The van der Waals surface area contributed by atoms with Crippen molar-refractivity contribution in [1.82, 2.24) is 9.55 Å². The van der Waals surface area contributed by atoms with E-state index in [2.05, 4.69) is 78.0 Å². The number of ether oxygens (including phenoxy) is 1. The normalized spacial score (nSPS) is 18.3. The number of rotatable bonds is 18. The van der Waals surface area contributed by atoms with Crippen molar-refractivity contribution >= 4 is 11.7 Å². The molecular weight excluding hydrogens is 478 g/mol. The number of allylic oxidation sites excluding steroid dienone is 10. The Bertz CT molecular complexity index is 1010. The lowest BCUT2D eigenvalue weighted by Crippen LogP contribution is -2.28. The molecule has 1 aliphatic rings. The van der Waals surface area contributed by atoms with Gasteiger partial charge in [-0.25, -0.2) is 4.79 Å². The number of aliphatic hydroxyl groups excluding tert-OH is 1. The molecule has 2 unspecified atom stereocenters. The van der Waals surface area contributed by atoms with Crippen molar-refractivity contribution in [1.29, 1.82) is 0 Å². The molecule has 1 saturated heterocycles. The van der Waals surface area contributed by atoms with E-state index in [9.17, 15) is 14.7 Å². The van der Waals surface area contributed by atoms with Gasteiger partial charge in [0.25, 0.3) is 0 Å². The van der Waals surface area contributed by atoms with Crippen LogP contribution in [-0.4, -0.2) is 33.3 Å². The number of hydrogen-bond donors (Lipinski definition) is 2. The molecule has 38 heavy (non-hydrogen) atoms. The third-order valence-corrected chi connectivity index (χ3v) is 6.13. The number of amides is 1. The minimum Gasteiger partial charge on any atom is -0.394 e. The predicted octanol–water partition coefficient (Wildman–Crippen LogP) is 6.55. The molecule has 1 fully saturated rings. The lowest BCUT2D eigenvalue weighted by atomic mass is 10.1. The van der Waals surface area contributed by atoms with Gasteiger partial charge in [-0.3, -0.25) is 9.36 Å². The lowest BCUT2D eigenvalue weighted by Gasteiger charge is -2.15. The van der Waals surface area contributed by atoms with E-state index in [0.29, 0.717) is 19.3 Å². The molecule has 2 N–H and O–H groups in total. The number of aliphatic hydroxyl groups is 1. The number of hydrogen-bond acceptors (Lipinski definition) is 5. The van der Waals surface area contributed by atoms with E-state index in [1.807, 2.05) is 0 Å². The summed E-state index contributed by atoms with van der Waals surface area (Å²) in [6, 6.07) is 1.61. The molecular formula is C31H45N3O4. The number of unbranched alkanes of at least 4 members (excludes halogenated alkanes) is 3. The quantitative estimate of drug-likeness (QED) is 0.168. The Kier molecular flexibility index (Phi) is 16.4. The number of carbonyl (C=O) groups excluding carboxylic acids is 1. The minimum absolute atomic E-state index is 0.0604. The van der Waals surface area contributed by atoms with Gasteiger partial charge in [0.15, 0.2) is 0 Å². The van der Waals surface area contributed by atoms with Gasteiger partial charge < -0.3 is 15.2 Å². The first kappa shape index (κ1) is 31.2. The van der Waals surface area contributed by atoms with Crippen molar-refractivity contribution in [2.75, 3.05) is 11.9 Å². The van der Waals surface area contributed by atoms with Crippen LogP contribution in [0.25, 0.3) is 0 Å². The smallest absolute Gasteiger partial charge is 0.351 e. The summed E-state index contributed by atoms with van der Waals surface area (Å²) in [6.07, 6.45) is 33.5. The van der Waals surface area contributed by atoms with Crippen molar-refractivity contribution in [3.63, 3.8) is 0 Å². The second kappa shape index (κ2) is 20.0. The fraction of sp³-hybridized carbons (Fsp3) is 0.516. The van der Waals surface area contributed by atoms with E-state index in [4.69, 9.17) is 4.74 Å². The van der Waals surface area contributed by atoms with Gasteiger partial charge in [0.1, 0.15) is 12.0 Å². The second-order valence-corrected chi connectivity index (χ2v) is 9.33. The lowest BCUT2D eigenvalue weighted by molar-refractivity contribution is -0.116. The summed E-state index contributed by atoms with van der Waals surface area (Å²) < 4.78 is 7.02. The molecule has 0 spiro atoms. The largest absolute Gasteiger partial charge is 0.394 e. The van der Waals surface area contributed by atoms with Crippen molar-refractivity contribution in [3.8, 4) is 0 Å². The first-order valence-electron chi connectivity index (χ1n) is 14.0. The highest BCUT2D eigenvalue weighted by atomic mass is 16.5. The topological polar surface area (TPSA) is 93.5 Å². The zero-order valence-electron chi connectivity index (χ0n) is 22.8. The molecule has 7 nitrogen and oxygen atoms in total. The monoisotopic (exact) mass is 523 g/mol. The van der Waals surface area contributed by atoms with Crippen LogP contribution in [0, 0.1) is 0 Å². The molecule has 208 valence electrons. The van der Waals surface area contributed by atoms with Gasteiger partial charge in [-0.05, 0) is 70.3 Å². The van der Waals surface area contributed by atoms with Crippen molar-refractivity contribution in [2.24, 2.45) is 0 Å². The summed E-state index contributed by atoms with van der Waals surface area (Å²) in [4.78, 5) is 28.4. The Balaban J connectivity index is 1.49. The van der Waals surface area contributed by atoms with Crippen molar-refractivity contribution < 1.29 is 14.6 Å². The first-order valence-corrected chi connectivity index (χ1v) is 14.0. The number of anilines is 1. The molecule has 0 aromatic carbocycles. The van der Waals surface area contributed by atoms with Crippen LogP contribution in [0.3, 0.4) is 0 Å². The summed E-state index contributed by atoms with van der Waals surface area (Å²) in [7, 11) is 0. The average molecular weight is 524 g/mol. The summed E-state index contributed by atoms with van der Waals surface area (Å²) in [5.74, 6) is 0.119. The molecule has 0 radical (unpaired) electrons. The molecule has 7 heteroatoms. The van der Waals surface area contributed by atoms with Gasteiger partial charge in [-0.2, -0.15) is 4.98 Å². The molecule has 0 bridgehead atoms. The number of carbonyl (C=O) groups is 1. The average Bonchev–Trinajstić information content (AvgIpc) is 3.39. The van der Waals surface area contributed by atoms with Crippen LogP contribution in [0.1, 0.15) is 90.2 Å². The molecule has 1 amide bonds. The highest BCUT2D eigenvalue weighted by molar-refractivity contribution is 5.89. The van der Waals surface area contributed by atoms with E-state index >= 15 is 0 Å². The van der Waals surface area contributed by atoms with Crippen LogP contribution in [0.4, 0.5) is 5.82 Å². The third kappa shape index (κ3) is 13.5. The fourth-order valence-electron chi connectivity index (χ4n) is 4.03. The van der Waals surface area contributed by atoms with Crippen molar-refractivity contribution in [3.05, 3.63) is 83.5 Å². The van der Waals surface area contributed by atoms with Crippen LogP contribution >= 0.6 is 0 Å². The van der Waals surface area contributed by atoms with Crippen LogP contribution in [0.15, 0.2) is 77.8 Å². The Labute approximate surface area is 227 Å².